The Kier molecular flexibility index (Phi) is 7.86. The van der Waals surface area contributed by atoms with Gasteiger partial charge in [-0.05, 0) is 0 Å². The Bertz CT molecular complexity index is 381. The molecular weight excluding hydrogens is 336 g/mol. The van der Waals surface area contributed by atoms with Gasteiger partial charge in [-0.2, -0.15) is 0 Å². The molecule has 0 aromatic rings. The van der Waals surface area contributed by atoms with Crippen molar-refractivity contribution >= 4 is 0 Å². The lowest BCUT2D eigenvalue weighted by molar-refractivity contribution is -0.325. The van der Waals surface area contributed by atoms with Gasteiger partial charge in [0.15, 0.2) is 12.6 Å². The lowest BCUT2D eigenvalue weighted by Gasteiger charge is -2.41. The quantitative estimate of drug-likeness (QED) is 0.235. The van der Waals surface area contributed by atoms with E-state index in [9.17, 15) is 35.7 Å². The summed E-state index contributed by atoms with van der Waals surface area (Å²) >= 11 is 0. The summed E-state index contributed by atoms with van der Waals surface area (Å²) in [5.74, 6) is 0. The first-order valence-electron chi connectivity index (χ1n) is 7.07. The van der Waals surface area contributed by atoms with Crippen LogP contribution in [-0.2, 0) is 14.2 Å². The predicted molar refractivity (Wildman–Crippen MR) is 72.2 cm³/mol. The smallest absolute Gasteiger partial charge is 0.186 e. The molecule has 2 fully saturated rings. The van der Waals surface area contributed by atoms with Crippen LogP contribution in [-0.4, -0.2) is 121 Å². The van der Waals surface area contributed by atoms with E-state index in [-0.39, 0.29) is 5.48 Å². The summed E-state index contributed by atoms with van der Waals surface area (Å²) in [5, 5.41) is 76.1. The summed E-state index contributed by atoms with van der Waals surface area (Å²) in [4.78, 5) is 0. The van der Waals surface area contributed by atoms with E-state index in [4.69, 9.17) is 19.3 Å². The van der Waals surface area contributed by atoms with Gasteiger partial charge in [0.25, 0.3) is 0 Å². The van der Waals surface area contributed by atoms with E-state index in [1.54, 1.807) is 0 Å². The molecule has 12 heteroatoms. The molecule has 0 aromatic heterocycles. The molecule has 0 saturated carbocycles. The zero-order valence-electron chi connectivity index (χ0n) is 12.5. The van der Waals surface area contributed by atoms with Gasteiger partial charge in [0.2, 0.25) is 0 Å². The first kappa shape index (κ1) is 21.6. The van der Waals surface area contributed by atoms with Crippen LogP contribution in [0.1, 0.15) is 0 Å². The van der Waals surface area contributed by atoms with E-state index in [1.165, 1.54) is 0 Å². The molecular formula is C12H24O12. The van der Waals surface area contributed by atoms with Gasteiger partial charge in [-0.15, -0.1) is 0 Å². The topological polar surface area (TPSA) is 221 Å². The van der Waals surface area contributed by atoms with Gasteiger partial charge >= 0.3 is 0 Å². The largest absolute Gasteiger partial charge is 0.412 e. The number of hydrogen-bond acceptors (Lipinski definition) is 11. The van der Waals surface area contributed by atoms with Crippen molar-refractivity contribution < 1.29 is 60.5 Å². The Morgan fingerprint density at radius 1 is 0.667 bits per heavy atom. The second kappa shape index (κ2) is 8.75. The van der Waals surface area contributed by atoms with Gasteiger partial charge in [-0.1, -0.05) is 0 Å². The van der Waals surface area contributed by atoms with Crippen LogP contribution >= 0.6 is 0 Å². The normalized spacial score (nSPS) is 49.5. The molecule has 2 aliphatic rings. The van der Waals surface area contributed by atoms with Gasteiger partial charge in [-0.25, -0.2) is 0 Å². The maximum atomic E-state index is 9.78. The Balaban J connectivity index is 0.00000288. The molecule has 10 atom stereocenters. The minimum atomic E-state index is -1.74. The third kappa shape index (κ3) is 4.19. The molecule has 12 nitrogen and oxygen atoms in total. The van der Waals surface area contributed by atoms with Crippen molar-refractivity contribution in [3.05, 3.63) is 0 Å². The standard InChI is InChI=1S/C12H22O11.H2O/c13-1-3-5(14)8(17)10(19)12(23-3)21-2-4-6(15)7(16)9(18)11(20)22-4;/h3-20H,1-2H2;1H2/t3-,4-,5+,6-,7+,8+,9-,10-,11?,12?;/m1./s1. The van der Waals surface area contributed by atoms with E-state index in [0.29, 0.717) is 0 Å². The summed E-state index contributed by atoms with van der Waals surface area (Å²) in [6, 6.07) is 0. The van der Waals surface area contributed by atoms with Crippen LogP contribution in [0.4, 0.5) is 0 Å². The Morgan fingerprint density at radius 3 is 1.79 bits per heavy atom. The van der Waals surface area contributed by atoms with Crippen molar-refractivity contribution in [2.45, 2.75) is 61.4 Å². The van der Waals surface area contributed by atoms with Crippen molar-refractivity contribution in [3.8, 4) is 0 Å². The Labute approximate surface area is 136 Å². The highest BCUT2D eigenvalue weighted by Crippen LogP contribution is 2.24. The van der Waals surface area contributed by atoms with Crippen LogP contribution in [0.5, 0.6) is 0 Å². The number of rotatable bonds is 4. The molecule has 0 aromatic carbocycles. The Morgan fingerprint density at radius 2 is 1.21 bits per heavy atom. The molecule has 10 N–H and O–H groups in total. The second-order valence-corrected chi connectivity index (χ2v) is 5.57. The third-order valence-corrected chi connectivity index (χ3v) is 3.96. The highest BCUT2D eigenvalue weighted by molar-refractivity contribution is 4.91. The average molecular weight is 360 g/mol. The summed E-state index contributed by atoms with van der Waals surface area (Å²) in [7, 11) is 0. The molecule has 144 valence electrons. The van der Waals surface area contributed by atoms with E-state index in [0.717, 1.165) is 0 Å². The lowest BCUT2D eigenvalue weighted by Crippen LogP contribution is -2.61. The third-order valence-electron chi connectivity index (χ3n) is 3.96. The van der Waals surface area contributed by atoms with Crippen LogP contribution < -0.4 is 0 Å². The average Bonchev–Trinajstić information content (AvgIpc) is 2.54. The molecule has 0 spiro atoms. The van der Waals surface area contributed by atoms with Gasteiger partial charge in [0.1, 0.15) is 48.8 Å². The van der Waals surface area contributed by atoms with Crippen LogP contribution in [0.15, 0.2) is 0 Å². The van der Waals surface area contributed by atoms with Gasteiger partial charge in [0.05, 0.1) is 13.2 Å². The summed E-state index contributed by atoms with van der Waals surface area (Å²) in [5.41, 5.74) is 0. The fourth-order valence-electron chi connectivity index (χ4n) is 2.46. The molecule has 0 amide bonds. The van der Waals surface area contributed by atoms with Crippen molar-refractivity contribution in [3.63, 3.8) is 0 Å². The van der Waals surface area contributed by atoms with Gasteiger partial charge < -0.3 is 60.5 Å². The maximum Gasteiger partial charge on any atom is 0.186 e. The van der Waals surface area contributed by atoms with E-state index >= 15 is 0 Å². The molecule has 2 heterocycles. The molecule has 2 aliphatic heterocycles. The molecule has 2 unspecified atom stereocenters. The van der Waals surface area contributed by atoms with Crippen molar-refractivity contribution in [2.24, 2.45) is 0 Å². The molecule has 0 bridgehead atoms. The molecule has 0 radical (unpaired) electrons. The van der Waals surface area contributed by atoms with E-state index in [2.05, 4.69) is 0 Å². The summed E-state index contributed by atoms with van der Waals surface area (Å²) in [6.07, 6.45) is -15.3. The molecule has 2 saturated heterocycles. The van der Waals surface area contributed by atoms with Crippen LogP contribution in [0.3, 0.4) is 0 Å². The minimum absolute atomic E-state index is 0. The Hall–Kier alpha value is -0.480. The molecule has 0 aliphatic carbocycles. The zero-order valence-corrected chi connectivity index (χ0v) is 12.5. The maximum absolute atomic E-state index is 9.78. The number of ether oxygens (including phenoxy) is 3. The van der Waals surface area contributed by atoms with E-state index < -0.39 is 74.6 Å². The van der Waals surface area contributed by atoms with Crippen LogP contribution in [0, 0.1) is 0 Å². The van der Waals surface area contributed by atoms with Crippen molar-refractivity contribution in [2.75, 3.05) is 13.2 Å². The van der Waals surface area contributed by atoms with Crippen molar-refractivity contribution in [1.82, 2.24) is 0 Å². The van der Waals surface area contributed by atoms with Gasteiger partial charge in [-0.3, -0.25) is 0 Å². The van der Waals surface area contributed by atoms with Crippen molar-refractivity contribution in [1.29, 1.82) is 0 Å². The van der Waals surface area contributed by atoms with E-state index in [1.807, 2.05) is 0 Å². The first-order chi connectivity index (χ1) is 10.8. The number of hydrogen-bond donors (Lipinski definition) is 8. The SMILES string of the molecule is O.OC[C@H]1OC(OC[C@H]2OC(O)[C@H](O)[C@@H](O)[C@@H]2O)[C@H](O)[C@@H](O)[C@H]1O. The number of aliphatic hydroxyl groups excluding tert-OH is 8. The highest BCUT2D eigenvalue weighted by Gasteiger charge is 2.46. The first-order valence-corrected chi connectivity index (χ1v) is 7.07. The highest BCUT2D eigenvalue weighted by atomic mass is 16.7. The molecule has 24 heavy (non-hydrogen) atoms. The summed E-state index contributed by atoms with van der Waals surface area (Å²) in [6.45, 7) is -1.10. The second-order valence-electron chi connectivity index (χ2n) is 5.57. The monoisotopic (exact) mass is 360 g/mol. The van der Waals surface area contributed by atoms with Gasteiger partial charge in [0, 0.05) is 0 Å². The predicted octanol–water partition coefficient (Wildman–Crippen LogP) is -6.22. The lowest BCUT2D eigenvalue weighted by atomic mass is 9.98. The van der Waals surface area contributed by atoms with Crippen LogP contribution in [0.25, 0.3) is 0 Å². The fraction of sp³-hybridized carbons (Fsp3) is 1.00. The minimum Gasteiger partial charge on any atom is -0.412 e. The van der Waals surface area contributed by atoms with Crippen LogP contribution in [0.2, 0.25) is 0 Å². The fourth-order valence-corrected chi connectivity index (χ4v) is 2.46. The number of aliphatic hydroxyl groups is 8. The zero-order chi connectivity index (χ0) is 17.3. The summed E-state index contributed by atoms with van der Waals surface area (Å²) < 4.78 is 15.1. The molecule has 2 rings (SSSR count).